The molecule has 0 saturated heterocycles. The zero-order valence-electron chi connectivity index (χ0n) is 15.9. The van der Waals surface area contributed by atoms with E-state index in [1.54, 1.807) is 0 Å². The van der Waals surface area contributed by atoms with Crippen molar-refractivity contribution in [3.63, 3.8) is 0 Å². The SMILES string of the molecule is CC(C)CCC(C)(C)C(Cc1ccc(Br)cc1)Cc1ccc(Br)cc1. The van der Waals surface area contributed by atoms with Crippen molar-refractivity contribution in [2.24, 2.45) is 17.3 Å². The van der Waals surface area contributed by atoms with Crippen LogP contribution in [0.25, 0.3) is 0 Å². The van der Waals surface area contributed by atoms with Crippen molar-refractivity contribution in [3.05, 3.63) is 68.6 Å². The fourth-order valence-corrected chi connectivity index (χ4v) is 3.83. The maximum absolute atomic E-state index is 3.55. The number of rotatable bonds is 8. The van der Waals surface area contributed by atoms with Crippen LogP contribution in [0.5, 0.6) is 0 Å². The Morgan fingerprint density at radius 1 is 0.760 bits per heavy atom. The molecule has 0 amide bonds. The van der Waals surface area contributed by atoms with E-state index in [4.69, 9.17) is 0 Å². The van der Waals surface area contributed by atoms with Crippen molar-refractivity contribution in [1.82, 2.24) is 0 Å². The minimum Gasteiger partial charge on any atom is -0.0628 e. The second kappa shape index (κ2) is 9.37. The molecular formula is C23H30Br2. The Balaban J connectivity index is 2.19. The van der Waals surface area contributed by atoms with Crippen LogP contribution in [-0.2, 0) is 12.8 Å². The van der Waals surface area contributed by atoms with Crippen molar-refractivity contribution in [2.45, 2.75) is 53.4 Å². The molecule has 0 atom stereocenters. The highest BCUT2D eigenvalue weighted by molar-refractivity contribution is 9.10. The van der Waals surface area contributed by atoms with Gasteiger partial charge in [-0.25, -0.2) is 0 Å². The summed E-state index contributed by atoms with van der Waals surface area (Å²) in [4.78, 5) is 0. The number of benzene rings is 2. The fraction of sp³-hybridized carbons (Fsp3) is 0.478. The van der Waals surface area contributed by atoms with Gasteiger partial charge in [-0.05, 0) is 71.9 Å². The van der Waals surface area contributed by atoms with Crippen LogP contribution in [0.1, 0.15) is 51.7 Å². The largest absolute Gasteiger partial charge is 0.0628 e. The van der Waals surface area contributed by atoms with E-state index in [1.165, 1.54) is 24.0 Å². The van der Waals surface area contributed by atoms with Gasteiger partial charge in [0.15, 0.2) is 0 Å². The van der Waals surface area contributed by atoms with Gasteiger partial charge in [0.2, 0.25) is 0 Å². The average molecular weight is 466 g/mol. The Bertz CT molecular complexity index is 591. The molecule has 2 rings (SSSR count). The first-order chi connectivity index (χ1) is 11.8. The highest BCUT2D eigenvalue weighted by Gasteiger charge is 2.29. The second-order valence-corrected chi connectivity index (χ2v) is 10.1. The molecule has 2 aromatic carbocycles. The van der Waals surface area contributed by atoms with Gasteiger partial charge in [0, 0.05) is 8.95 Å². The zero-order valence-corrected chi connectivity index (χ0v) is 19.0. The zero-order chi connectivity index (χ0) is 18.4. The van der Waals surface area contributed by atoms with Gasteiger partial charge in [-0.2, -0.15) is 0 Å². The topological polar surface area (TPSA) is 0 Å². The minimum absolute atomic E-state index is 0.324. The van der Waals surface area contributed by atoms with Crippen LogP contribution >= 0.6 is 31.9 Å². The minimum atomic E-state index is 0.324. The molecule has 2 heteroatoms. The number of hydrogen-bond donors (Lipinski definition) is 0. The summed E-state index contributed by atoms with van der Waals surface area (Å²) >= 11 is 7.10. The first-order valence-electron chi connectivity index (χ1n) is 9.25. The van der Waals surface area contributed by atoms with Gasteiger partial charge in [-0.15, -0.1) is 0 Å². The lowest BCUT2D eigenvalue weighted by Crippen LogP contribution is -2.28. The highest BCUT2D eigenvalue weighted by atomic mass is 79.9. The van der Waals surface area contributed by atoms with Crippen LogP contribution in [0.15, 0.2) is 57.5 Å². The Kier molecular flexibility index (Phi) is 7.76. The maximum Gasteiger partial charge on any atom is 0.0175 e. The number of hydrogen-bond acceptors (Lipinski definition) is 0. The fourth-order valence-electron chi connectivity index (χ4n) is 3.30. The molecule has 0 unspecified atom stereocenters. The van der Waals surface area contributed by atoms with Gasteiger partial charge in [-0.1, -0.05) is 90.2 Å². The van der Waals surface area contributed by atoms with Gasteiger partial charge in [-0.3, -0.25) is 0 Å². The van der Waals surface area contributed by atoms with E-state index in [0.717, 1.165) is 27.7 Å². The molecule has 0 aliphatic carbocycles. The van der Waals surface area contributed by atoms with Crippen molar-refractivity contribution in [3.8, 4) is 0 Å². The van der Waals surface area contributed by atoms with Gasteiger partial charge in [0.05, 0.1) is 0 Å². The predicted molar refractivity (Wildman–Crippen MR) is 117 cm³/mol. The molecule has 0 radical (unpaired) electrons. The number of halogens is 2. The van der Waals surface area contributed by atoms with Crippen molar-refractivity contribution < 1.29 is 0 Å². The molecular weight excluding hydrogens is 436 g/mol. The molecule has 0 aliphatic heterocycles. The standard InChI is InChI=1S/C23H30Br2/c1-17(2)13-14-23(3,4)20(15-18-5-9-21(24)10-6-18)16-19-7-11-22(25)12-8-19/h5-12,17,20H,13-16H2,1-4H3. The van der Waals surface area contributed by atoms with E-state index in [2.05, 4.69) is 108 Å². The van der Waals surface area contributed by atoms with E-state index in [1.807, 2.05) is 0 Å². The van der Waals surface area contributed by atoms with Crippen molar-refractivity contribution in [2.75, 3.05) is 0 Å². The molecule has 25 heavy (non-hydrogen) atoms. The molecule has 0 aliphatic rings. The molecule has 0 aromatic heterocycles. The van der Waals surface area contributed by atoms with Gasteiger partial charge in [0.1, 0.15) is 0 Å². The second-order valence-electron chi connectivity index (χ2n) is 8.28. The van der Waals surface area contributed by atoms with Crippen LogP contribution in [0.4, 0.5) is 0 Å². The summed E-state index contributed by atoms with van der Waals surface area (Å²) in [5, 5.41) is 0. The molecule has 0 heterocycles. The molecule has 2 aromatic rings. The predicted octanol–water partition coefficient (Wildman–Crippen LogP) is 8.08. The normalized spacial score (nSPS) is 12.2. The smallest absolute Gasteiger partial charge is 0.0175 e. The van der Waals surface area contributed by atoms with E-state index in [9.17, 15) is 0 Å². The Labute approximate surface area is 170 Å². The van der Waals surface area contributed by atoms with Crippen molar-refractivity contribution >= 4 is 31.9 Å². The first-order valence-corrected chi connectivity index (χ1v) is 10.8. The van der Waals surface area contributed by atoms with Gasteiger partial charge < -0.3 is 0 Å². The summed E-state index contributed by atoms with van der Waals surface area (Å²) in [6, 6.07) is 17.7. The van der Waals surface area contributed by atoms with Crippen LogP contribution in [-0.4, -0.2) is 0 Å². The van der Waals surface area contributed by atoms with E-state index in [0.29, 0.717) is 11.3 Å². The molecule has 0 spiro atoms. The third-order valence-corrected chi connectivity index (χ3v) is 6.32. The summed E-state index contributed by atoms with van der Waals surface area (Å²) in [5.41, 5.74) is 3.19. The summed E-state index contributed by atoms with van der Waals surface area (Å²) < 4.78 is 2.31. The molecule has 0 N–H and O–H groups in total. The molecule has 0 fully saturated rings. The van der Waals surface area contributed by atoms with E-state index >= 15 is 0 Å². The van der Waals surface area contributed by atoms with Crippen molar-refractivity contribution in [1.29, 1.82) is 0 Å². The third kappa shape index (κ3) is 6.90. The Morgan fingerprint density at radius 3 is 1.52 bits per heavy atom. The molecule has 0 nitrogen and oxygen atoms in total. The average Bonchev–Trinajstić information content (AvgIpc) is 2.56. The highest BCUT2D eigenvalue weighted by Crippen LogP contribution is 2.38. The molecule has 0 bridgehead atoms. The van der Waals surface area contributed by atoms with Crippen LogP contribution < -0.4 is 0 Å². The van der Waals surface area contributed by atoms with E-state index in [-0.39, 0.29) is 0 Å². The lowest BCUT2D eigenvalue weighted by Gasteiger charge is -2.36. The summed E-state index contributed by atoms with van der Waals surface area (Å²) in [6.45, 7) is 9.57. The van der Waals surface area contributed by atoms with Gasteiger partial charge >= 0.3 is 0 Å². The lowest BCUT2D eigenvalue weighted by molar-refractivity contribution is 0.179. The third-order valence-electron chi connectivity index (χ3n) is 5.26. The monoisotopic (exact) mass is 464 g/mol. The lowest BCUT2D eigenvalue weighted by atomic mass is 9.69. The van der Waals surface area contributed by atoms with Gasteiger partial charge in [0.25, 0.3) is 0 Å². The van der Waals surface area contributed by atoms with Crippen LogP contribution in [0.2, 0.25) is 0 Å². The summed E-state index contributed by atoms with van der Waals surface area (Å²) in [6.07, 6.45) is 4.84. The summed E-state index contributed by atoms with van der Waals surface area (Å²) in [7, 11) is 0. The van der Waals surface area contributed by atoms with Crippen LogP contribution in [0.3, 0.4) is 0 Å². The first kappa shape index (κ1) is 20.7. The van der Waals surface area contributed by atoms with Crippen LogP contribution in [0, 0.1) is 17.3 Å². The Hall–Kier alpha value is -0.600. The maximum atomic E-state index is 3.55. The van der Waals surface area contributed by atoms with E-state index < -0.39 is 0 Å². The summed E-state index contributed by atoms with van der Waals surface area (Å²) in [5.74, 6) is 1.40. The molecule has 0 saturated carbocycles. The quantitative estimate of drug-likeness (QED) is 0.369. The molecule has 136 valence electrons. The Morgan fingerprint density at radius 2 is 1.16 bits per heavy atom.